The number of alkyl halides is 3. The molecule has 6 nitrogen and oxygen atoms in total. The van der Waals surface area contributed by atoms with Gasteiger partial charge < -0.3 is 14.3 Å². The van der Waals surface area contributed by atoms with Crippen LogP contribution in [0.4, 0.5) is 18.0 Å². The number of nitrogens with zero attached hydrogens (tertiary/aromatic N) is 4. The Bertz CT molecular complexity index is 778. The minimum absolute atomic E-state index is 0.156. The van der Waals surface area contributed by atoms with Gasteiger partial charge in [-0.3, -0.25) is 0 Å². The van der Waals surface area contributed by atoms with E-state index in [0.717, 1.165) is 5.56 Å². The van der Waals surface area contributed by atoms with Crippen molar-refractivity contribution >= 4 is 6.03 Å². The van der Waals surface area contributed by atoms with Crippen molar-refractivity contribution in [3.05, 3.63) is 35.7 Å². The van der Waals surface area contributed by atoms with E-state index >= 15 is 0 Å². The maximum absolute atomic E-state index is 12.5. The maximum Gasteiger partial charge on any atom is 0.471 e. The average Bonchev–Trinajstić information content (AvgIpc) is 3.05. The van der Waals surface area contributed by atoms with Crippen LogP contribution in [0.2, 0.25) is 0 Å². The van der Waals surface area contributed by atoms with E-state index in [9.17, 15) is 18.0 Å². The molecule has 0 aliphatic rings. The van der Waals surface area contributed by atoms with Crippen LogP contribution >= 0.6 is 0 Å². The fourth-order valence-corrected chi connectivity index (χ4v) is 2.05. The van der Waals surface area contributed by atoms with E-state index in [1.54, 1.807) is 38.4 Å². The van der Waals surface area contributed by atoms with E-state index in [2.05, 4.69) is 20.6 Å². The standard InChI is InChI=1S/C16H15F3N4O2/c1-4-9-22(2)15(24)23(3)10-11-5-7-12(8-6-11)13-20-14(25-21-13)16(17,18)19/h1,5-8H,9-10H2,2-3H3. The lowest BCUT2D eigenvalue weighted by atomic mass is 10.1. The van der Waals surface area contributed by atoms with Crippen molar-refractivity contribution in [1.82, 2.24) is 19.9 Å². The predicted octanol–water partition coefficient (Wildman–Crippen LogP) is 2.87. The Hall–Kier alpha value is -3.02. The summed E-state index contributed by atoms with van der Waals surface area (Å²) in [6.07, 6.45) is 0.486. The van der Waals surface area contributed by atoms with Crippen LogP contribution in [-0.4, -0.2) is 46.6 Å². The maximum atomic E-state index is 12.5. The van der Waals surface area contributed by atoms with Gasteiger partial charge in [0.1, 0.15) is 0 Å². The molecule has 0 N–H and O–H groups in total. The number of hydrogen-bond donors (Lipinski definition) is 0. The van der Waals surface area contributed by atoms with Gasteiger partial charge in [-0.15, -0.1) is 6.42 Å². The van der Waals surface area contributed by atoms with Gasteiger partial charge in [0.25, 0.3) is 0 Å². The number of carbonyl (C=O) groups is 1. The molecule has 2 aromatic rings. The number of amides is 2. The summed E-state index contributed by atoms with van der Waals surface area (Å²) >= 11 is 0. The normalized spacial score (nSPS) is 11.0. The highest BCUT2D eigenvalue weighted by molar-refractivity contribution is 5.74. The first-order chi connectivity index (χ1) is 11.7. The summed E-state index contributed by atoms with van der Waals surface area (Å²) in [5.41, 5.74) is 1.16. The van der Waals surface area contributed by atoms with Crippen molar-refractivity contribution in [3.63, 3.8) is 0 Å². The number of terminal acetylenes is 1. The molecule has 1 aromatic heterocycles. The summed E-state index contributed by atoms with van der Waals surface area (Å²) in [5, 5.41) is 3.32. The largest absolute Gasteiger partial charge is 0.471 e. The second-order valence-corrected chi connectivity index (χ2v) is 5.32. The minimum Gasteiger partial charge on any atom is -0.329 e. The van der Waals surface area contributed by atoms with Crippen LogP contribution in [0.15, 0.2) is 28.8 Å². The van der Waals surface area contributed by atoms with Crippen molar-refractivity contribution < 1.29 is 22.5 Å². The van der Waals surface area contributed by atoms with Gasteiger partial charge in [-0.1, -0.05) is 35.3 Å². The summed E-state index contributed by atoms with van der Waals surface area (Å²) < 4.78 is 41.6. The Balaban J connectivity index is 2.06. The first-order valence-corrected chi connectivity index (χ1v) is 7.12. The van der Waals surface area contributed by atoms with Crippen molar-refractivity contribution in [2.75, 3.05) is 20.6 Å². The van der Waals surface area contributed by atoms with Crippen LogP contribution in [0.1, 0.15) is 11.5 Å². The van der Waals surface area contributed by atoms with Crippen LogP contribution in [0, 0.1) is 12.3 Å². The second kappa shape index (κ2) is 7.25. The van der Waals surface area contributed by atoms with Crippen LogP contribution in [0.25, 0.3) is 11.4 Å². The van der Waals surface area contributed by atoms with Gasteiger partial charge in [-0.05, 0) is 5.56 Å². The molecule has 0 saturated heterocycles. The third kappa shape index (κ3) is 4.50. The van der Waals surface area contributed by atoms with E-state index in [0.29, 0.717) is 12.1 Å². The Morgan fingerprint density at radius 2 is 1.88 bits per heavy atom. The fraction of sp³-hybridized carbons (Fsp3) is 0.312. The second-order valence-electron chi connectivity index (χ2n) is 5.32. The molecular formula is C16H15F3N4O2. The topological polar surface area (TPSA) is 62.5 Å². The van der Waals surface area contributed by atoms with Gasteiger partial charge in [0, 0.05) is 26.2 Å². The molecule has 2 amide bonds. The first kappa shape index (κ1) is 18.3. The Morgan fingerprint density at radius 3 is 2.40 bits per heavy atom. The van der Waals surface area contributed by atoms with Crippen LogP contribution in [-0.2, 0) is 12.7 Å². The molecule has 2 rings (SSSR count). The summed E-state index contributed by atoms with van der Waals surface area (Å²) in [5.74, 6) is 0.830. The number of halogens is 3. The van der Waals surface area contributed by atoms with E-state index < -0.39 is 12.1 Å². The van der Waals surface area contributed by atoms with E-state index in [4.69, 9.17) is 6.42 Å². The van der Waals surface area contributed by atoms with Gasteiger partial charge >= 0.3 is 18.1 Å². The molecule has 25 heavy (non-hydrogen) atoms. The molecule has 0 spiro atoms. The number of carbonyl (C=O) groups excluding carboxylic acids is 1. The van der Waals surface area contributed by atoms with Gasteiger partial charge in [-0.2, -0.15) is 18.2 Å². The van der Waals surface area contributed by atoms with E-state index in [1.807, 2.05) is 0 Å². The fourth-order valence-electron chi connectivity index (χ4n) is 2.05. The number of rotatable bonds is 4. The van der Waals surface area contributed by atoms with Crippen molar-refractivity contribution in [1.29, 1.82) is 0 Å². The molecule has 0 atom stereocenters. The minimum atomic E-state index is -4.68. The summed E-state index contributed by atoms with van der Waals surface area (Å²) in [4.78, 5) is 18.2. The Morgan fingerprint density at radius 1 is 1.24 bits per heavy atom. The predicted molar refractivity (Wildman–Crippen MR) is 83.1 cm³/mol. The molecule has 0 aliphatic carbocycles. The molecular weight excluding hydrogens is 337 g/mol. The van der Waals surface area contributed by atoms with Crippen molar-refractivity contribution in [2.24, 2.45) is 0 Å². The Kier molecular flexibility index (Phi) is 5.32. The molecule has 0 unspecified atom stereocenters. The molecule has 0 aliphatic heterocycles. The van der Waals surface area contributed by atoms with Gasteiger partial charge in [0.05, 0.1) is 6.54 Å². The number of urea groups is 1. The van der Waals surface area contributed by atoms with Gasteiger partial charge in [-0.25, -0.2) is 4.79 Å². The molecule has 0 radical (unpaired) electrons. The highest BCUT2D eigenvalue weighted by Crippen LogP contribution is 2.29. The third-order valence-corrected chi connectivity index (χ3v) is 3.28. The number of hydrogen-bond acceptors (Lipinski definition) is 4. The lowest BCUT2D eigenvalue weighted by Gasteiger charge is -2.23. The molecule has 9 heteroatoms. The summed E-state index contributed by atoms with van der Waals surface area (Å²) in [6, 6.07) is 6.22. The molecule has 0 bridgehead atoms. The van der Waals surface area contributed by atoms with Crippen molar-refractivity contribution in [2.45, 2.75) is 12.7 Å². The average molecular weight is 352 g/mol. The lowest BCUT2D eigenvalue weighted by Crippen LogP contribution is -2.38. The van der Waals surface area contributed by atoms with E-state index in [1.165, 1.54) is 9.80 Å². The van der Waals surface area contributed by atoms with Gasteiger partial charge in [0.2, 0.25) is 5.82 Å². The molecule has 132 valence electrons. The smallest absolute Gasteiger partial charge is 0.329 e. The molecule has 0 fully saturated rings. The van der Waals surface area contributed by atoms with Crippen LogP contribution in [0.5, 0.6) is 0 Å². The SMILES string of the molecule is C#CCN(C)C(=O)N(C)Cc1ccc(-c2noc(C(F)(F)F)n2)cc1. The van der Waals surface area contributed by atoms with Crippen LogP contribution in [0.3, 0.4) is 0 Å². The highest BCUT2D eigenvalue weighted by atomic mass is 19.4. The zero-order chi connectivity index (χ0) is 18.6. The third-order valence-electron chi connectivity index (χ3n) is 3.28. The summed E-state index contributed by atoms with van der Waals surface area (Å²) in [6.45, 7) is 0.509. The van der Waals surface area contributed by atoms with Crippen molar-refractivity contribution in [3.8, 4) is 23.7 Å². The zero-order valence-corrected chi connectivity index (χ0v) is 13.5. The van der Waals surface area contributed by atoms with Gasteiger partial charge in [0.15, 0.2) is 0 Å². The molecule has 1 heterocycles. The quantitative estimate of drug-likeness (QED) is 0.794. The Labute approximate surface area is 142 Å². The van der Waals surface area contributed by atoms with E-state index in [-0.39, 0.29) is 18.4 Å². The molecule has 1 aromatic carbocycles. The monoisotopic (exact) mass is 352 g/mol. The van der Waals surface area contributed by atoms with Crippen LogP contribution < -0.4 is 0 Å². The first-order valence-electron chi connectivity index (χ1n) is 7.12. The highest BCUT2D eigenvalue weighted by Gasteiger charge is 2.38. The molecule has 0 saturated carbocycles. The number of benzene rings is 1. The summed E-state index contributed by atoms with van der Waals surface area (Å²) in [7, 11) is 3.22. The lowest BCUT2D eigenvalue weighted by molar-refractivity contribution is -0.159. The number of aromatic nitrogens is 2. The zero-order valence-electron chi connectivity index (χ0n) is 13.5.